The molecule has 0 radical (unpaired) electrons. The summed E-state index contributed by atoms with van der Waals surface area (Å²) >= 11 is 7.05. The topological polar surface area (TPSA) is 44.2 Å². The van der Waals surface area contributed by atoms with Crippen LogP contribution in [0.2, 0.25) is 4.47 Å². The van der Waals surface area contributed by atoms with E-state index in [9.17, 15) is 0 Å². The molecule has 16 heavy (non-hydrogen) atoms. The zero-order valence-corrected chi connectivity index (χ0v) is 10.3. The first-order valence-corrected chi connectivity index (χ1v) is 5.65. The molecular weight excluding hydrogens is 248 g/mol. The van der Waals surface area contributed by atoms with Crippen molar-refractivity contribution in [2.75, 3.05) is 14.2 Å². The molecule has 1 aromatic heterocycles. The average molecular weight is 257 g/mol. The maximum absolute atomic E-state index is 5.74. The molecule has 4 nitrogen and oxygen atoms in total. The quantitative estimate of drug-likeness (QED) is 0.847. The second-order valence-corrected chi connectivity index (χ2v) is 4.49. The van der Waals surface area contributed by atoms with Crippen molar-refractivity contribution in [1.82, 2.24) is 10.2 Å². The molecular formula is C10H9ClN2O2S. The van der Waals surface area contributed by atoms with Crippen molar-refractivity contribution in [2.45, 2.75) is 0 Å². The summed E-state index contributed by atoms with van der Waals surface area (Å²) in [6.07, 6.45) is 0. The third kappa shape index (κ3) is 2.10. The SMILES string of the molecule is COc1ccc(-c2nnc(Cl)s2)c(OC)c1. The van der Waals surface area contributed by atoms with Gasteiger partial charge in [0.1, 0.15) is 11.5 Å². The molecule has 0 amide bonds. The fraction of sp³-hybridized carbons (Fsp3) is 0.200. The van der Waals surface area contributed by atoms with Crippen LogP contribution in [-0.2, 0) is 0 Å². The van der Waals surface area contributed by atoms with Gasteiger partial charge in [-0.25, -0.2) is 0 Å². The number of methoxy groups -OCH3 is 2. The molecule has 0 aliphatic rings. The lowest BCUT2D eigenvalue weighted by atomic mass is 10.2. The van der Waals surface area contributed by atoms with Gasteiger partial charge in [0.2, 0.25) is 4.47 Å². The van der Waals surface area contributed by atoms with E-state index in [1.807, 2.05) is 12.1 Å². The van der Waals surface area contributed by atoms with Gasteiger partial charge in [0.05, 0.1) is 19.8 Å². The highest BCUT2D eigenvalue weighted by atomic mass is 35.5. The molecule has 0 spiro atoms. The highest BCUT2D eigenvalue weighted by molar-refractivity contribution is 7.18. The van der Waals surface area contributed by atoms with Crippen LogP contribution < -0.4 is 9.47 Å². The lowest BCUT2D eigenvalue weighted by Crippen LogP contribution is -1.90. The molecule has 0 aliphatic carbocycles. The standard InChI is InChI=1S/C10H9ClN2O2S/c1-14-6-3-4-7(8(5-6)15-2)9-12-13-10(11)16-9/h3-5H,1-2H3. The maximum Gasteiger partial charge on any atom is 0.207 e. The number of nitrogens with zero attached hydrogens (tertiary/aromatic N) is 2. The van der Waals surface area contributed by atoms with Gasteiger partial charge in [-0.2, -0.15) is 0 Å². The maximum atomic E-state index is 5.74. The molecule has 0 aliphatic heterocycles. The summed E-state index contributed by atoms with van der Waals surface area (Å²) in [6.45, 7) is 0. The van der Waals surface area contributed by atoms with Gasteiger partial charge in [0.25, 0.3) is 0 Å². The van der Waals surface area contributed by atoms with E-state index in [1.165, 1.54) is 11.3 Å². The Balaban J connectivity index is 2.48. The van der Waals surface area contributed by atoms with Crippen LogP contribution in [0.4, 0.5) is 0 Å². The number of ether oxygens (including phenoxy) is 2. The molecule has 0 fully saturated rings. The summed E-state index contributed by atoms with van der Waals surface area (Å²) in [7, 11) is 3.21. The molecule has 0 saturated carbocycles. The molecule has 0 atom stereocenters. The highest BCUT2D eigenvalue weighted by Gasteiger charge is 2.11. The number of rotatable bonds is 3. The Labute approximate surface area is 102 Å². The second kappa shape index (κ2) is 4.67. The van der Waals surface area contributed by atoms with Crippen LogP contribution >= 0.6 is 22.9 Å². The van der Waals surface area contributed by atoms with Crippen LogP contribution in [0.1, 0.15) is 0 Å². The summed E-state index contributed by atoms with van der Waals surface area (Å²) < 4.78 is 10.8. The van der Waals surface area contributed by atoms with E-state index < -0.39 is 0 Å². The van der Waals surface area contributed by atoms with Crippen LogP contribution in [0, 0.1) is 0 Å². The van der Waals surface area contributed by atoms with E-state index >= 15 is 0 Å². The minimum atomic E-state index is 0.410. The molecule has 2 aromatic rings. The van der Waals surface area contributed by atoms with Crippen LogP contribution in [0.5, 0.6) is 11.5 Å². The molecule has 84 valence electrons. The third-order valence-corrected chi connectivity index (χ3v) is 3.09. The van der Waals surface area contributed by atoms with Gasteiger partial charge in [0.15, 0.2) is 5.01 Å². The Bertz CT molecular complexity index is 501. The normalized spacial score (nSPS) is 10.2. The summed E-state index contributed by atoms with van der Waals surface area (Å²) in [6, 6.07) is 5.51. The Morgan fingerprint density at radius 2 is 2.00 bits per heavy atom. The van der Waals surface area contributed by atoms with Crippen molar-refractivity contribution in [1.29, 1.82) is 0 Å². The zero-order valence-electron chi connectivity index (χ0n) is 8.73. The van der Waals surface area contributed by atoms with Crippen LogP contribution in [0.25, 0.3) is 10.6 Å². The lowest BCUT2D eigenvalue weighted by molar-refractivity contribution is 0.395. The summed E-state index contributed by atoms with van der Waals surface area (Å²) in [5.41, 5.74) is 0.854. The molecule has 0 saturated heterocycles. The first kappa shape index (κ1) is 11.2. The van der Waals surface area contributed by atoms with Crippen LogP contribution in [0.15, 0.2) is 18.2 Å². The van der Waals surface area contributed by atoms with E-state index in [0.717, 1.165) is 16.3 Å². The van der Waals surface area contributed by atoms with Gasteiger partial charge < -0.3 is 9.47 Å². The Morgan fingerprint density at radius 3 is 2.56 bits per heavy atom. The fourth-order valence-electron chi connectivity index (χ4n) is 1.29. The van der Waals surface area contributed by atoms with Gasteiger partial charge in [-0.05, 0) is 23.7 Å². The highest BCUT2D eigenvalue weighted by Crippen LogP contribution is 2.35. The second-order valence-electron chi connectivity index (χ2n) is 2.93. The molecule has 0 bridgehead atoms. The monoisotopic (exact) mass is 256 g/mol. The predicted molar refractivity (Wildman–Crippen MR) is 63.5 cm³/mol. The summed E-state index contributed by atoms with van der Waals surface area (Å²) in [4.78, 5) is 0. The number of aromatic nitrogens is 2. The van der Waals surface area contributed by atoms with E-state index in [0.29, 0.717) is 10.2 Å². The minimum Gasteiger partial charge on any atom is -0.497 e. The molecule has 1 heterocycles. The molecule has 1 aromatic carbocycles. The third-order valence-electron chi connectivity index (χ3n) is 2.04. The van der Waals surface area contributed by atoms with Crippen molar-refractivity contribution in [3.8, 4) is 22.1 Å². The zero-order chi connectivity index (χ0) is 11.5. The van der Waals surface area contributed by atoms with Gasteiger partial charge in [0, 0.05) is 6.07 Å². The van der Waals surface area contributed by atoms with Crippen molar-refractivity contribution >= 4 is 22.9 Å². The molecule has 6 heteroatoms. The Morgan fingerprint density at radius 1 is 1.19 bits per heavy atom. The van der Waals surface area contributed by atoms with E-state index in [4.69, 9.17) is 21.1 Å². The number of hydrogen-bond donors (Lipinski definition) is 0. The van der Waals surface area contributed by atoms with Gasteiger partial charge >= 0.3 is 0 Å². The first-order valence-electron chi connectivity index (χ1n) is 4.46. The number of halogens is 1. The molecule has 0 unspecified atom stereocenters. The fourth-order valence-corrected chi connectivity index (χ4v) is 2.15. The van der Waals surface area contributed by atoms with Crippen LogP contribution in [-0.4, -0.2) is 24.4 Å². The van der Waals surface area contributed by atoms with Crippen molar-refractivity contribution in [3.05, 3.63) is 22.7 Å². The van der Waals surface area contributed by atoms with E-state index in [1.54, 1.807) is 20.3 Å². The van der Waals surface area contributed by atoms with Gasteiger partial charge in [-0.15, -0.1) is 10.2 Å². The summed E-state index contributed by atoms with van der Waals surface area (Å²) in [5, 5.41) is 8.45. The van der Waals surface area contributed by atoms with Crippen LogP contribution in [0.3, 0.4) is 0 Å². The smallest absolute Gasteiger partial charge is 0.207 e. The first-order chi connectivity index (χ1) is 7.74. The van der Waals surface area contributed by atoms with Crippen molar-refractivity contribution < 1.29 is 9.47 Å². The Kier molecular flexibility index (Phi) is 3.26. The molecule has 0 N–H and O–H groups in total. The summed E-state index contributed by atoms with van der Waals surface area (Å²) in [5.74, 6) is 1.42. The minimum absolute atomic E-state index is 0.410. The van der Waals surface area contributed by atoms with E-state index in [-0.39, 0.29) is 0 Å². The van der Waals surface area contributed by atoms with Gasteiger partial charge in [-0.1, -0.05) is 11.3 Å². The Hall–Kier alpha value is -1.33. The van der Waals surface area contributed by atoms with E-state index in [2.05, 4.69) is 10.2 Å². The predicted octanol–water partition coefficient (Wildman–Crippen LogP) is 2.88. The molecule has 2 rings (SSSR count). The number of hydrogen-bond acceptors (Lipinski definition) is 5. The lowest BCUT2D eigenvalue weighted by Gasteiger charge is -2.07. The largest absolute Gasteiger partial charge is 0.497 e. The number of benzene rings is 1. The van der Waals surface area contributed by atoms with Gasteiger partial charge in [-0.3, -0.25) is 0 Å². The average Bonchev–Trinajstić information content (AvgIpc) is 2.74. The van der Waals surface area contributed by atoms with Crippen molar-refractivity contribution in [2.24, 2.45) is 0 Å². The van der Waals surface area contributed by atoms with Crippen molar-refractivity contribution in [3.63, 3.8) is 0 Å².